The third-order valence-corrected chi connectivity index (χ3v) is 4.59. The van der Waals surface area contributed by atoms with E-state index in [-0.39, 0.29) is 17.1 Å². The molecule has 0 atom stereocenters. The molecule has 1 aromatic heterocycles. The number of hydrogen-bond acceptors (Lipinski definition) is 3. The van der Waals surface area contributed by atoms with E-state index in [1.165, 1.54) is 6.07 Å². The van der Waals surface area contributed by atoms with E-state index in [1.807, 2.05) is 37.3 Å². The number of aromatic carboxylic acids is 1. The van der Waals surface area contributed by atoms with Gasteiger partial charge in [0.05, 0.1) is 0 Å². The molecule has 0 aliphatic carbocycles. The molecule has 0 fully saturated rings. The summed E-state index contributed by atoms with van der Waals surface area (Å²) < 4.78 is 5.39. The molecule has 0 spiro atoms. The van der Waals surface area contributed by atoms with Crippen molar-refractivity contribution in [3.05, 3.63) is 77.0 Å². The van der Waals surface area contributed by atoms with Crippen molar-refractivity contribution in [1.29, 1.82) is 0 Å². The van der Waals surface area contributed by atoms with Crippen LogP contribution in [0.25, 0.3) is 11.3 Å². The quantitative estimate of drug-likeness (QED) is 0.629. The Labute approximate surface area is 164 Å². The van der Waals surface area contributed by atoms with Gasteiger partial charge in [0.2, 0.25) is 5.76 Å². The van der Waals surface area contributed by atoms with Crippen LogP contribution < -0.4 is 5.32 Å². The number of benzene rings is 2. The molecule has 0 aliphatic rings. The summed E-state index contributed by atoms with van der Waals surface area (Å²) in [6, 6.07) is 16.0. The fraction of sp³-hybridized carbons (Fsp3) is 0.217. The Bertz CT molecular complexity index is 1020. The maximum atomic E-state index is 12.6. The first-order valence-electron chi connectivity index (χ1n) is 9.01. The van der Waals surface area contributed by atoms with Gasteiger partial charge in [-0.15, -0.1) is 0 Å². The van der Waals surface area contributed by atoms with Gasteiger partial charge >= 0.3 is 5.97 Å². The summed E-state index contributed by atoms with van der Waals surface area (Å²) in [6.07, 6.45) is 0. The minimum atomic E-state index is -1.12. The van der Waals surface area contributed by atoms with Crippen molar-refractivity contribution in [2.75, 3.05) is 5.32 Å². The highest BCUT2D eigenvalue weighted by Crippen LogP contribution is 2.29. The summed E-state index contributed by atoms with van der Waals surface area (Å²) in [5.74, 6) is -1.00. The Morgan fingerprint density at radius 3 is 2.21 bits per heavy atom. The fourth-order valence-corrected chi connectivity index (χ4v) is 2.89. The zero-order valence-corrected chi connectivity index (χ0v) is 16.4. The molecule has 2 N–H and O–H groups in total. The Morgan fingerprint density at radius 2 is 1.64 bits per heavy atom. The maximum Gasteiger partial charge on any atom is 0.371 e. The van der Waals surface area contributed by atoms with Gasteiger partial charge in [-0.3, -0.25) is 4.79 Å². The second kappa shape index (κ2) is 7.35. The van der Waals surface area contributed by atoms with Gasteiger partial charge in [-0.25, -0.2) is 4.79 Å². The number of amides is 1. The molecule has 0 unspecified atom stereocenters. The van der Waals surface area contributed by atoms with E-state index in [9.17, 15) is 9.59 Å². The number of hydrogen-bond donors (Lipinski definition) is 2. The van der Waals surface area contributed by atoms with Crippen LogP contribution in [-0.4, -0.2) is 17.0 Å². The zero-order valence-electron chi connectivity index (χ0n) is 16.4. The van der Waals surface area contributed by atoms with E-state index >= 15 is 0 Å². The first kappa shape index (κ1) is 19.4. The topological polar surface area (TPSA) is 79.5 Å². The number of carbonyl (C=O) groups excluding carboxylic acids is 1. The van der Waals surface area contributed by atoms with Crippen LogP contribution in [0.5, 0.6) is 0 Å². The normalized spacial score (nSPS) is 11.3. The van der Waals surface area contributed by atoms with Gasteiger partial charge < -0.3 is 14.8 Å². The highest BCUT2D eigenvalue weighted by molar-refractivity contribution is 6.04. The number of nitrogens with one attached hydrogen (secondary N) is 1. The van der Waals surface area contributed by atoms with Gasteiger partial charge in [0.25, 0.3) is 5.91 Å². The third-order valence-electron chi connectivity index (χ3n) is 4.59. The van der Waals surface area contributed by atoms with Crippen LogP contribution in [-0.2, 0) is 5.41 Å². The van der Waals surface area contributed by atoms with Crippen LogP contribution in [0.4, 0.5) is 5.69 Å². The van der Waals surface area contributed by atoms with Crippen LogP contribution in [0.3, 0.4) is 0 Å². The predicted molar refractivity (Wildman–Crippen MR) is 109 cm³/mol. The standard InChI is InChI=1S/C23H23NO4/c1-14-5-10-17(13-18(14)19-11-12-20(28-19)22(26)27)24-21(25)15-6-8-16(9-7-15)23(2,3)4/h5-13H,1-4H3,(H,24,25)(H,26,27). The smallest absolute Gasteiger partial charge is 0.371 e. The molecule has 0 aliphatic heterocycles. The van der Waals surface area contributed by atoms with Gasteiger partial charge in [-0.05, 0) is 59.9 Å². The summed E-state index contributed by atoms with van der Waals surface area (Å²) in [6.45, 7) is 8.27. The summed E-state index contributed by atoms with van der Waals surface area (Å²) in [5.41, 5.74) is 4.01. The number of furan rings is 1. The van der Waals surface area contributed by atoms with Crippen molar-refractivity contribution >= 4 is 17.6 Å². The molecular formula is C23H23NO4. The van der Waals surface area contributed by atoms with Crippen molar-refractivity contribution in [1.82, 2.24) is 0 Å². The Kier molecular flexibility index (Phi) is 5.10. The molecule has 0 bridgehead atoms. The Hall–Kier alpha value is -3.34. The second-order valence-corrected chi connectivity index (χ2v) is 7.78. The first-order valence-corrected chi connectivity index (χ1v) is 9.01. The second-order valence-electron chi connectivity index (χ2n) is 7.78. The van der Waals surface area contributed by atoms with E-state index in [2.05, 4.69) is 26.1 Å². The maximum absolute atomic E-state index is 12.6. The van der Waals surface area contributed by atoms with Crippen LogP contribution >= 0.6 is 0 Å². The van der Waals surface area contributed by atoms with Crippen molar-refractivity contribution in [2.24, 2.45) is 0 Å². The molecule has 144 valence electrons. The average molecular weight is 377 g/mol. The van der Waals surface area contributed by atoms with Gasteiger partial charge in [-0.1, -0.05) is 39.0 Å². The molecule has 5 heteroatoms. The number of rotatable bonds is 4. The van der Waals surface area contributed by atoms with Crippen LogP contribution in [0.1, 0.15) is 52.8 Å². The SMILES string of the molecule is Cc1ccc(NC(=O)c2ccc(C(C)(C)C)cc2)cc1-c1ccc(C(=O)O)o1. The molecule has 2 aromatic carbocycles. The summed E-state index contributed by atoms with van der Waals surface area (Å²) >= 11 is 0. The molecule has 1 amide bonds. The number of carbonyl (C=O) groups is 2. The van der Waals surface area contributed by atoms with E-state index in [0.29, 0.717) is 17.0 Å². The predicted octanol–water partition coefficient (Wildman–Crippen LogP) is 5.50. The summed E-state index contributed by atoms with van der Waals surface area (Å²) in [5, 5.41) is 11.9. The first-order chi connectivity index (χ1) is 13.1. The largest absolute Gasteiger partial charge is 0.475 e. The summed E-state index contributed by atoms with van der Waals surface area (Å²) in [4.78, 5) is 23.6. The van der Waals surface area contributed by atoms with Crippen LogP contribution in [0, 0.1) is 6.92 Å². The molecule has 1 heterocycles. The monoisotopic (exact) mass is 377 g/mol. The van der Waals surface area contributed by atoms with Gasteiger partial charge in [0.1, 0.15) is 5.76 Å². The zero-order chi connectivity index (χ0) is 20.5. The van der Waals surface area contributed by atoms with Crippen molar-refractivity contribution in [3.63, 3.8) is 0 Å². The van der Waals surface area contributed by atoms with Crippen LogP contribution in [0.15, 0.2) is 59.0 Å². The molecule has 3 rings (SSSR count). The molecule has 3 aromatic rings. The van der Waals surface area contributed by atoms with Crippen molar-refractivity contribution in [2.45, 2.75) is 33.1 Å². The van der Waals surface area contributed by atoms with E-state index in [4.69, 9.17) is 9.52 Å². The van der Waals surface area contributed by atoms with Crippen LogP contribution in [0.2, 0.25) is 0 Å². The van der Waals surface area contributed by atoms with E-state index in [0.717, 1.165) is 16.7 Å². The molecule has 28 heavy (non-hydrogen) atoms. The highest BCUT2D eigenvalue weighted by Gasteiger charge is 2.16. The number of carboxylic acids is 1. The number of aryl methyl sites for hydroxylation is 1. The minimum absolute atomic E-state index is 0.0265. The van der Waals surface area contributed by atoms with E-state index < -0.39 is 5.97 Å². The fourth-order valence-electron chi connectivity index (χ4n) is 2.89. The molecule has 5 nitrogen and oxygen atoms in total. The lowest BCUT2D eigenvalue weighted by molar-refractivity contribution is 0.0663. The van der Waals surface area contributed by atoms with Crippen molar-refractivity contribution in [3.8, 4) is 11.3 Å². The summed E-state index contributed by atoms with van der Waals surface area (Å²) in [7, 11) is 0. The number of carboxylic acid groups (broad SMARTS) is 1. The lowest BCUT2D eigenvalue weighted by Crippen LogP contribution is -2.14. The van der Waals surface area contributed by atoms with Gasteiger partial charge in [-0.2, -0.15) is 0 Å². The number of anilines is 1. The molecule has 0 radical (unpaired) electrons. The Morgan fingerprint density at radius 1 is 0.964 bits per heavy atom. The van der Waals surface area contributed by atoms with Crippen molar-refractivity contribution < 1.29 is 19.1 Å². The van der Waals surface area contributed by atoms with Gasteiger partial charge in [0, 0.05) is 16.8 Å². The Balaban J connectivity index is 1.82. The molecular weight excluding hydrogens is 354 g/mol. The lowest BCUT2D eigenvalue weighted by Gasteiger charge is -2.19. The molecule has 0 saturated carbocycles. The lowest BCUT2D eigenvalue weighted by atomic mass is 9.87. The average Bonchev–Trinajstić information content (AvgIpc) is 3.13. The van der Waals surface area contributed by atoms with Gasteiger partial charge in [0.15, 0.2) is 0 Å². The minimum Gasteiger partial charge on any atom is -0.475 e. The molecule has 0 saturated heterocycles. The highest BCUT2D eigenvalue weighted by atomic mass is 16.4. The third kappa shape index (κ3) is 4.14. The van der Waals surface area contributed by atoms with E-state index in [1.54, 1.807) is 18.2 Å².